The molecular formula is C23H22Cl2N2O4S. The Labute approximate surface area is 197 Å². The van der Waals surface area contributed by atoms with Crippen molar-refractivity contribution in [2.75, 3.05) is 12.4 Å². The maximum atomic E-state index is 12.7. The average Bonchev–Trinajstić information content (AvgIpc) is 2.75. The molecule has 0 heterocycles. The minimum Gasteiger partial charge on any atom is -0.497 e. The average molecular weight is 493 g/mol. The van der Waals surface area contributed by atoms with Crippen LogP contribution in [0.4, 0.5) is 10.5 Å². The number of methoxy groups -OCH3 is 1. The smallest absolute Gasteiger partial charge is 0.319 e. The molecule has 0 aliphatic rings. The number of benzene rings is 3. The first-order valence-corrected chi connectivity index (χ1v) is 12.1. The molecule has 0 aliphatic heterocycles. The van der Waals surface area contributed by atoms with E-state index in [1.165, 1.54) is 31.4 Å². The number of carbonyl (C=O) groups is 1. The zero-order valence-corrected chi connectivity index (χ0v) is 19.8. The van der Waals surface area contributed by atoms with E-state index in [0.29, 0.717) is 32.6 Å². The molecule has 9 heteroatoms. The number of amides is 2. The number of urea groups is 1. The van der Waals surface area contributed by atoms with Gasteiger partial charge in [0, 0.05) is 5.69 Å². The summed E-state index contributed by atoms with van der Waals surface area (Å²) in [5, 5.41) is 6.25. The first-order valence-electron chi connectivity index (χ1n) is 9.67. The van der Waals surface area contributed by atoms with Crippen molar-refractivity contribution < 1.29 is 17.9 Å². The highest BCUT2D eigenvalue weighted by Crippen LogP contribution is 2.29. The van der Waals surface area contributed by atoms with Crippen LogP contribution in [0.15, 0.2) is 71.6 Å². The predicted octanol–water partition coefficient (Wildman–Crippen LogP) is 5.86. The summed E-state index contributed by atoms with van der Waals surface area (Å²) in [5.74, 6) is 0.437. The minimum atomic E-state index is -3.56. The molecule has 32 heavy (non-hydrogen) atoms. The van der Waals surface area contributed by atoms with Gasteiger partial charge in [-0.1, -0.05) is 47.5 Å². The Morgan fingerprint density at radius 2 is 1.72 bits per heavy atom. The third-order valence-corrected chi connectivity index (χ3v) is 7.30. The number of halogens is 2. The van der Waals surface area contributed by atoms with Gasteiger partial charge in [0.05, 0.1) is 33.8 Å². The lowest BCUT2D eigenvalue weighted by Crippen LogP contribution is -2.31. The molecule has 0 saturated carbocycles. The molecule has 2 N–H and O–H groups in total. The lowest BCUT2D eigenvalue weighted by atomic mass is 10.1. The van der Waals surface area contributed by atoms with Crippen LogP contribution in [-0.2, 0) is 15.6 Å². The fourth-order valence-electron chi connectivity index (χ4n) is 3.11. The Morgan fingerprint density at radius 3 is 2.41 bits per heavy atom. The van der Waals surface area contributed by atoms with Crippen LogP contribution in [0.25, 0.3) is 0 Å². The molecule has 168 valence electrons. The largest absolute Gasteiger partial charge is 0.497 e. The van der Waals surface area contributed by atoms with Crippen molar-refractivity contribution >= 4 is 44.8 Å². The number of sulfone groups is 1. The van der Waals surface area contributed by atoms with E-state index in [9.17, 15) is 13.2 Å². The van der Waals surface area contributed by atoms with Crippen LogP contribution < -0.4 is 15.4 Å². The molecule has 1 unspecified atom stereocenters. The molecule has 0 radical (unpaired) electrons. The van der Waals surface area contributed by atoms with E-state index in [-0.39, 0.29) is 16.7 Å². The summed E-state index contributed by atoms with van der Waals surface area (Å²) in [6.45, 7) is 1.78. The van der Waals surface area contributed by atoms with Crippen molar-refractivity contribution in [2.24, 2.45) is 0 Å². The lowest BCUT2D eigenvalue weighted by Gasteiger charge is -2.17. The zero-order valence-electron chi connectivity index (χ0n) is 17.4. The van der Waals surface area contributed by atoms with E-state index < -0.39 is 15.9 Å². The van der Waals surface area contributed by atoms with E-state index in [4.69, 9.17) is 27.9 Å². The van der Waals surface area contributed by atoms with Crippen molar-refractivity contribution in [3.8, 4) is 5.75 Å². The number of ether oxygens (including phenoxy) is 1. The molecule has 3 aromatic rings. The van der Waals surface area contributed by atoms with Crippen LogP contribution in [0.5, 0.6) is 5.75 Å². The number of nitrogens with one attached hydrogen (secondary N) is 2. The van der Waals surface area contributed by atoms with Gasteiger partial charge in [-0.05, 0) is 60.5 Å². The van der Waals surface area contributed by atoms with E-state index in [1.807, 2.05) is 0 Å². The van der Waals surface area contributed by atoms with E-state index in [2.05, 4.69) is 10.6 Å². The van der Waals surface area contributed by atoms with Gasteiger partial charge in [0.2, 0.25) is 0 Å². The second-order valence-electron chi connectivity index (χ2n) is 7.10. The Bertz CT molecular complexity index is 1210. The maximum Gasteiger partial charge on any atom is 0.319 e. The van der Waals surface area contributed by atoms with Gasteiger partial charge in [-0.25, -0.2) is 13.2 Å². The summed E-state index contributed by atoms with van der Waals surface area (Å²) in [6.07, 6.45) is 0. The van der Waals surface area contributed by atoms with E-state index in [1.54, 1.807) is 49.4 Å². The van der Waals surface area contributed by atoms with Gasteiger partial charge in [-0.3, -0.25) is 0 Å². The number of rotatable bonds is 7. The van der Waals surface area contributed by atoms with Gasteiger partial charge in [-0.2, -0.15) is 0 Å². The second kappa shape index (κ2) is 10.3. The lowest BCUT2D eigenvalue weighted by molar-refractivity contribution is 0.249. The van der Waals surface area contributed by atoms with Crippen LogP contribution in [0.2, 0.25) is 10.0 Å². The SMILES string of the molecule is COc1cccc(CS(=O)(=O)c2ccc(NC(=O)NC(C)c3cccc(Cl)c3Cl)cc2)c1. The van der Waals surface area contributed by atoms with Crippen molar-refractivity contribution in [1.82, 2.24) is 5.32 Å². The zero-order chi connectivity index (χ0) is 23.3. The number of hydrogen-bond acceptors (Lipinski definition) is 4. The molecule has 1 atom stereocenters. The predicted molar refractivity (Wildman–Crippen MR) is 127 cm³/mol. The monoisotopic (exact) mass is 492 g/mol. The molecule has 0 saturated heterocycles. The minimum absolute atomic E-state index is 0.157. The van der Waals surface area contributed by atoms with Gasteiger partial charge < -0.3 is 15.4 Å². The summed E-state index contributed by atoms with van der Waals surface area (Å²) in [6, 6.07) is 17.3. The van der Waals surface area contributed by atoms with E-state index in [0.717, 1.165) is 0 Å². The molecule has 0 aliphatic carbocycles. The third kappa shape index (κ3) is 5.94. The molecule has 0 aromatic heterocycles. The molecule has 0 spiro atoms. The molecule has 3 aromatic carbocycles. The fourth-order valence-corrected chi connectivity index (χ4v) is 4.91. The summed E-state index contributed by atoms with van der Waals surface area (Å²) < 4.78 is 30.6. The van der Waals surface area contributed by atoms with Crippen LogP contribution >= 0.6 is 23.2 Å². The molecule has 0 fully saturated rings. The van der Waals surface area contributed by atoms with Crippen LogP contribution in [0.3, 0.4) is 0 Å². The Morgan fingerprint density at radius 1 is 1.03 bits per heavy atom. The highest BCUT2D eigenvalue weighted by molar-refractivity contribution is 7.90. The standard InChI is InChI=1S/C23H22Cl2N2O4S/c1-15(20-7-4-8-21(24)22(20)25)26-23(28)27-17-9-11-19(12-10-17)32(29,30)14-16-5-3-6-18(13-16)31-2/h3-13,15H,14H2,1-2H3,(H2,26,27,28). The maximum absolute atomic E-state index is 12.7. The second-order valence-corrected chi connectivity index (χ2v) is 9.87. The summed E-state index contributed by atoms with van der Waals surface area (Å²) in [5.41, 5.74) is 1.76. The van der Waals surface area contributed by atoms with Crippen molar-refractivity contribution in [2.45, 2.75) is 23.6 Å². The highest BCUT2D eigenvalue weighted by atomic mass is 35.5. The number of carbonyl (C=O) groups excluding carboxylic acids is 1. The Hall–Kier alpha value is -2.74. The van der Waals surface area contributed by atoms with Gasteiger partial charge in [0.15, 0.2) is 9.84 Å². The topological polar surface area (TPSA) is 84.5 Å². The van der Waals surface area contributed by atoms with Gasteiger partial charge in [0.25, 0.3) is 0 Å². The molecule has 3 rings (SSSR count). The van der Waals surface area contributed by atoms with Gasteiger partial charge in [0.1, 0.15) is 5.75 Å². The summed E-state index contributed by atoms with van der Waals surface area (Å²) in [7, 11) is -2.03. The van der Waals surface area contributed by atoms with Crippen molar-refractivity contribution in [1.29, 1.82) is 0 Å². The fraction of sp³-hybridized carbons (Fsp3) is 0.174. The van der Waals surface area contributed by atoms with Crippen LogP contribution in [0, 0.1) is 0 Å². The molecule has 6 nitrogen and oxygen atoms in total. The summed E-state index contributed by atoms with van der Waals surface area (Å²) in [4.78, 5) is 12.5. The van der Waals surface area contributed by atoms with Crippen molar-refractivity contribution in [3.63, 3.8) is 0 Å². The van der Waals surface area contributed by atoms with Crippen LogP contribution in [0.1, 0.15) is 24.1 Å². The molecule has 2 amide bonds. The quantitative estimate of drug-likeness (QED) is 0.432. The normalized spacial score (nSPS) is 12.1. The highest BCUT2D eigenvalue weighted by Gasteiger charge is 2.17. The van der Waals surface area contributed by atoms with Gasteiger partial charge >= 0.3 is 6.03 Å². The first-order chi connectivity index (χ1) is 15.2. The first kappa shape index (κ1) is 23.9. The third-order valence-electron chi connectivity index (χ3n) is 4.76. The number of anilines is 1. The molecule has 0 bridgehead atoms. The number of hydrogen-bond donors (Lipinski definition) is 2. The van der Waals surface area contributed by atoms with E-state index >= 15 is 0 Å². The Kier molecular flexibility index (Phi) is 7.66. The Balaban J connectivity index is 1.64. The van der Waals surface area contributed by atoms with Crippen LogP contribution in [-0.4, -0.2) is 21.6 Å². The molecular weight excluding hydrogens is 471 g/mol. The summed E-state index contributed by atoms with van der Waals surface area (Å²) >= 11 is 12.2. The van der Waals surface area contributed by atoms with Crippen molar-refractivity contribution in [3.05, 3.63) is 87.9 Å². The van der Waals surface area contributed by atoms with Gasteiger partial charge in [-0.15, -0.1) is 0 Å².